The van der Waals surface area contributed by atoms with Gasteiger partial charge >= 0.3 is 5.97 Å². The SMILES string of the molecule is CNc1ccc2c(c1)C(C)(C)C(=O)N2C(C)C(=O)OC. The van der Waals surface area contributed by atoms with Crippen LogP contribution in [0.4, 0.5) is 11.4 Å². The van der Waals surface area contributed by atoms with Crippen molar-refractivity contribution in [2.24, 2.45) is 0 Å². The highest BCUT2D eigenvalue weighted by Crippen LogP contribution is 2.43. The maximum Gasteiger partial charge on any atom is 0.328 e. The highest BCUT2D eigenvalue weighted by Gasteiger charge is 2.47. The lowest BCUT2D eigenvalue weighted by Crippen LogP contribution is -2.45. The van der Waals surface area contributed by atoms with E-state index in [9.17, 15) is 9.59 Å². The number of rotatable bonds is 3. The van der Waals surface area contributed by atoms with Crippen LogP contribution in [0.15, 0.2) is 18.2 Å². The topological polar surface area (TPSA) is 58.6 Å². The number of benzene rings is 1. The fraction of sp³-hybridized carbons (Fsp3) is 0.467. The second-order valence-corrected chi connectivity index (χ2v) is 5.48. The molecule has 0 saturated heterocycles. The molecule has 1 amide bonds. The number of carbonyl (C=O) groups excluding carboxylic acids is 2. The average Bonchev–Trinajstić information content (AvgIpc) is 2.64. The summed E-state index contributed by atoms with van der Waals surface area (Å²) in [5.74, 6) is -0.502. The molecule has 20 heavy (non-hydrogen) atoms. The van der Waals surface area contributed by atoms with Gasteiger partial charge in [-0.1, -0.05) is 0 Å². The predicted octanol–water partition coefficient (Wildman–Crippen LogP) is 1.91. The van der Waals surface area contributed by atoms with E-state index in [0.29, 0.717) is 0 Å². The van der Waals surface area contributed by atoms with Crippen LogP contribution in [0.25, 0.3) is 0 Å². The first-order valence-corrected chi connectivity index (χ1v) is 6.58. The van der Waals surface area contributed by atoms with Crippen molar-refractivity contribution in [3.05, 3.63) is 23.8 Å². The summed E-state index contributed by atoms with van der Waals surface area (Å²) >= 11 is 0. The van der Waals surface area contributed by atoms with Gasteiger partial charge in [-0.2, -0.15) is 0 Å². The number of hydrogen-bond acceptors (Lipinski definition) is 4. The van der Waals surface area contributed by atoms with Crippen LogP contribution in [0.2, 0.25) is 0 Å². The maximum atomic E-state index is 12.6. The summed E-state index contributed by atoms with van der Waals surface area (Å²) in [6.07, 6.45) is 0. The molecular formula is C15H20N2O3. The Labute approximate surface area is 118 Å². The molecule has 108 valence electrons. The Hall–Kier alpha value is -2.04. The van der Waals surface area contributed by atoms with E-state index in [-0.39, 0.29) is 5.91 Å². The van der Waals surface area contributed by atoms with Gasteiger partial charge in [-0.25, -0.2) is 4.79 Å². The summed E-state index contributed by atoms with van der Waals surface area (Å²) in [4.78, 5) is 25.9. The lowest BCUT2D eigenvalue weighted by atomic mass is 9.86. The molecule has 1 unspecified atom stereocenters. The zero-order valence-corrected chi connectivity index (χ0v) is 12.5. The van der Waals surface area contributed by atoms with Crippen LogP contribution < -0.4 is 10.2 Å². The summed E-state index contributed by atoms with van der Waals surface area (Å²) in [6, 6.07) is 5.09. The highest BCUT2D eigenvalue weighted by molar-refractivity contribution is 6.11. The third-order valence-corrected chi connectivity index (χ3v) is 3.90. The van der Waals surface area contributed by atoms with Gasteiger partial charge in [-0.15, -0.1) is 0 Å². The zero-order chi connectivity index (χ0) is 15.1. The molecule has 1 aromatic carbocycles. The summed E-state index contributed by atoms with van der Waals surface area (Å²) in [7, 11) is 3.16. The van der Waals surface area contributed by atoms with Crippen molar-refractivity contribution in [2.45, 2.75) is 32.2 Å². The van der Waals surface area contributed by atoms with E-state index in [1.807, 2.05) is 39.1 Å². The van der Waals surface area contributed by atoms with E-state index < -0.39 is 17.4 Å². The molecule has 0 saturated carbocycles. The lowest BCUT2D eigenvalue weighted by molar-refractivity contribution is -0.143. The lowest BCUT2D eigenvalue weighted by Gasteiger charge is -2.25. The quantitative estimate of drug-likeness (QED) is 0.857. The molecule has 1 heterocycles. The Morgan fingerprint density at radius 2 is 2.05 bits per heavy atom. The van der Waals surface area contributed by atoms with E-state index in [1.54, 1.807) is 6.92 Å². The number of fused-ring (bicyclic) bond motifs is 1. The molecule has 0 radical (unpaired) electrons. The Balaban J connectivity index is 2.54. The number of nitrogens with one attached hydrogen (secondary N) is 1. The van der Waals surface area contributed by atoms with Gasteiger partial charge in [0.15, 0.2) is 0 Å². The van der Waals surface area contributed by atoms with E-state index in [4.69, 9.17) is 4.74 Å². The molecular weight excluding hydrogens is 256 g/mol. The van der Waals surface area contributed by atoms with Crippen molar-refractivity contribution in [1.29, 1.82) is 0 Å². The Bertz CT molecular complexity index is 566. The van der Waals surface area contributed by atoms with E-state index in [1.165, 1.54) is 12.0 Å². The maximum absolute atomic E-state index is 12.6. The fourth-order valence-electron chi connectivity index (χ4n) is 2.59. The van der Waals surface area contributed by atoms with Crippen LogP contribution in [0.3, 0.4) is 0 Å². The molecule has 1 N–H and O–H groups in total. The number of ether oxygens (including phenoxy) is 1. The van der Waals surface area contributed by atoms with Gasteiger partial charge in [0, 0.05) is 18.4 Å². The molecule has 0 aromatic heterocycles. The van der Waals surface area contributed by atoms with Gasteiger partial charge in [0.1, 0.15) is 6.04 Å². The van der Waals surface area contributed by atoms with Gasteiger partial charge < -0.3 is 10.1 Å². The van der Waals surface area contributed by atoms with Crippen molar-refractivity contribution in [3.8, 4) is 0 Å². The van der Waals surface area contributed by atoms with Gasteiger partial charge in [-0.3, -0.25) is 9.69 Å². The van der Waals surface area contributed by atoms with Crippen molar-refractivity contribution >= 4 is 23.3 Å². The summed E-state index contributed by atoms with van der Waals surface area (Å²) in [5, 5.41) is 3.07. The molecule has 1 aliphatic rings. The third-order valence-electron chi connectivity index (χ3n) is 3.90. The van der Waals surface area contributed by atoms with Crippen molar-refractivity contribution in [1.82, 2.24) is 0 Å². The monoisotopic (exact) mass is 276 g/mol. The first kappa shape index (κ1) is 14.4. The van der Waals surface area contributed by atoms with Gasteiger partial charge in [0.25, 0.3) is 0 Å². The van der Waals surface area contributed by atoms with Crippen LogP contribution in [-0.2, 0) is 19.7 Å². The van der Waals surface area contributed by atoms with Crippen LogP contribution >= 0.6 is 0 Å². The molecule has 5 nitrogen and oxygen atoms in total. The number of methoxy groups -OCH3 is 1. The van der Waals surface area contributed by atoms with E-state index in [2.05, 4.69) is 5.32 Å². The molecule has 0 fully saturated rings. The predicted molar refractivity (Wildman–Crippen MR) is 78.0 cm³/mol. The van der Waals surface area contributed by atoms with E-state index >= 15 is 0 Å². The second-order valence-electron chi connectivity index (χ2n) is 5.48. The molecule has 0 spiro atoms. The van der Waals surface area contributed by atoms with Crippen LogP contribution in [-0.4, -0.2) is 32.1 Å². The Morgan fingerprint density at radius 1 is 1.40 bits per heavy atom. The highest BCUT2D eigenvalue weighted by atomic mass is 16.5. The van der Waals surface area contributed by atoms with Crippen molar-refractivity contribution < 1.29 is 14.3 Å². The molecule has 2 rings (SSSR count). The fourth-order valence-corrected chi connectivity index (χ4v) is 2.59. The number of hydrogen-bond donors (Lipinski definition) is 1. The van der Waals surface area contributed by atoms with Gasteiger partial charge in [-0.05, 0) is 44.5 Å². The normalized spacial score (nSPS) is 17.6. The van der Waals surface area contributed by atoms with E-state index in [0.717, 1.165) is 16.9 Å². The second kappa shape index (κ2) is 4.81. The number of carbonyl (C=O) groups is 2. The number of amides is 1. The summed E-state index contributed by atoms with van der Waals surface area (Å²) in [6.45, 7) is 5.43. The number of nitrogens with zero attached hydrogens (tertiary/aromatic N) is 1. The molecule has 1 atom stereocenters. The van der Waals surface area contributed by atoms with Crippen molar-refractivity contribution in [2.75, 3.05) is 24.4 Å². The minimum atomic E-state index is -0.648. The molecule has 1 aromatic rings. The molecule has 1 aliphatic heterocycles. The van der Waals surface area contributed by atoms with Crippen LogP contribution in [0.5, 0.6) is 0 Å². The first-order valence-electron chi connectivity index (χ1n) is 6.58. The smallest absolute Gasteiger partial charge is 0.328 e. The Morgan fingerprint density at radius 3 is 2.60 bits per heavy atom. The van der Waals surface area contributed by atoms with Gasteiger partial charge in [0.2, 0.25) is 5.91 Å². The first-order chi connectivity index (χ1) is 9.34. The molecule has 5 heteroatoms. The van der Waals surface area contributed by atoms with Gasteiger partial charge in [0.05, 0.1) is 12.5 Å². The molecule has 0 aliphatic carbocycles. The standard InChI is InChI=1S/C15H20N2O3/c1-9(13(18)20-5)17-12-7-6-10(16-4)8-11(12)15(2,3)14(17)19/h6-9,16H,1-5H3. The van der Waals surface area contributed by atoms with Crippen LogP contribution in [0.1, 0.15) is 26.3 Å². The molecule has 0 bridgehead atoms. The minimum absolute atomic E-state index is 0.0846. The zero-order valence-electron chi connectivity index (χ0n) is 12.5. The minimum Gasteiger partial charge on any atom is -0.467 e. The van der Waals surface area contributed by atoms with Crippen molar-refractivity contribution in [3.63, 3.8) is 0 Å². The summed E-state index contributed by atoms with van der Waals surface area (Å²) < 4.78 is 4.76. The third kappa shape index (κ3) is 1.94. The summed E-state index contributed by atoms with van der Waals surface area (Å²) in [5.41, 5.74) is 1.99. The number of anilines is 2. The largest absolute Gasteiger partial charge is 0.467 e. The average molecular weight is 276 g/mol. The number of esters is 1. The Kier molecular flexibility index (Phi) is 3.46. The van der Waals surface area contributed by atoms with Crippen LogP contribution in [0, 0.1) is 0 Å².